The van der Waals surface area contributed by atoms with Crippen molar-refractivity contribution >= 4 is 45.6 Å². The molecule has 0 spiro atoms. The highest BCUT2D eigenvalue weighted by Crippen LogP contribution is 2.41. The highest BCUT2D eigenvalue weighted by molar-refractivity contribution is 6.32. The van der Waals surface area contributed by atoms with Crippen LogP contribution in [0.15, 0.2) is 73.1 Å². The van der Waals surface area contributed by atoms with E-state index in [0.29, 0.717) is 69.9 Å². The summed E-state index contributed by atoms with van der Waals surface area (Å²) in [6, 6.07) is 15.2. The van der Waals surface area contributed by atoms with E-state index in [-0.39, 0.29) is 18.3 Å². The average Bonchev–Trinajstić information content (AvgIpc) is 2.92. The molecule has 0 radical (unpaired) electrons. The first-order chi connectivity index (χ1) is 18.9. The lowest BCUT2D eigenvalue weighted by Crippen LogP contribution is -2.37. The number of rotatable bonds is 8. The molecule has 0 aliphatic carbocycles. The van der Waals surface area contributed by atoms with Gasteiger partial charge in [-0.1, -0.05) is 29.8 Å². The summed E-state index contributed by atoms with van der Waals surface area (Å²) >= 11 is 6.49. The van der Waals surface area contributed by atoms with Crippen LogP contribution in [0.2, 0.25) is 5.02 Å². The number of hydrogen-bond acceptors (Lipinski definition) is 7. The monoisotopic (exact) mass is 547 g/mol. The lowest BCUT2D eigenvalue weighted by atomic mass is 10.1. The van der Waals surface area contributed by atoms with E-state index >= 15 is 0 Å². The second kappa shape index (κ2) is 11.7. The summed E-state index contributed by atoms with van der Waals surface area (Å²) in [6.07, 6.45) is 4.88. The molecule has 1 amide bonds. The van der Waals surface area contributed by atoms with E-state index in [2.05, 4.69) is 15.3 Å². The van der Waals surface area contributed by atoms with Gasteiger partial charge in [-0.3, -0.25) is 4.79 Å². The van der Waals surface area contributed by atoms with Gasteiger partial charge in [-0.2, -0.15) is 0 Å². The van der Waals surface area contributed by atoms with Gasteiger partial charge in [0.25, 0.3) is 5.91 Å². The lowest BCUT2D eigenvalue weighted by molar-refractivity contribution is -0.114. The van der Waals surface area contributed by atoms with Gasteiger partial charge in [0.05, 0.1) is 28.2 Å². The van der Waals surface area contributed by atoms with Crippen LogP contribution in [0.4, 0.5) is 21.6 Å². The second-order valence-electron chi connectivity index (χ2n) is 9.22. The van der Waals surface area contributed by atoms with Crippen LogP contribution in [-0.2, 0) is 11.4 Å². The molecule has 0 fully saturated rings. The van der Waals surface area contributed by atoms with Crippen molar-refractivity contribution in [3.8, 4) is 11.5 Å². The quantitative estimate of drug-likeness (QED) is 0.288. The molecule has 10 heteroatoms. The van der Waals surface area contributed by atoms with Crippen molar-refractivity contribution < 1.29 is 18.7 Å². The number of benzene rings is 3. The molecule has 0 unspecified atom stereocenters. The van der Waals surface area contributed by atoms with Crippen molar-refractivity contribution in [3.63, 3.8) is 0 Å². The Morgan fingerprint density at radius 1 is 1.21 bits per heavy atom. The summed E-state index contributed by atoms with van der Waals surface area (Å²) in [5.74, 6) is 1.08. The molecule has 39 heavy (non-hydrogen) atoms. The summed E-state index contributed by atoms with van der Waals surface area (Å²) in [4.78, 5) is 25.5. The fourth-order valence-corrected chi connectivity index (χ4v) is 4.46. The fourth-order valence-electron chi connectivity index (χ4n) is 4.23. The van der Waals surface area contributed by atoms with E-state index in [1.165, 1.54) is 18.5 Å². The number of carbonyl (C=O) groups excluding carboxylic acids is 1. The highest BCUT2D eigenvalue weighted by Gasteiger charge is 2.26. The molecule has 0 saturated carbocycles. The van der Waals surface area contributed by atoms with E-state index in [4.69, 9.17) is 21.1 Å². The van der Waals surface area contributed by atoms with E-state index in [0.717, 1.165) is 0 Å². The molecular weight excluding hydrogens is 521 g/mol. The van der Waals surface area contributed by atoms with Crippen LogP contribution in [0.5, 0.6) is 11.5 Å². The lowest BCUT2D eigenvalue weighted by Gasteiger charge is -2.30. The Kier molecular flexibility index (Phi) is 7.90. The van der Waals surface area contributed by atoms with Gasteiger partial charge in [0.2, 0.25) is 0 Å². The number of likely N-dealkylation sites (N-methyl/N-ethyl adjacent to an activating group) is 1. The van der Waals surface area contributed by atoms with E-state index in [9.17, 15) is 9.18 Å². The number of nitrogens with one attached hydrogen (secondary N) is 1. The van der Waals surface area contributed by atoms with Gasteiger partial charge in [0.15, 0.2) is 5.75 Å². The third-order valence-electron chi connectivity index (χ3n) is 6.06. The molecule has 0 atom stereocenters. The number of fused-ring (bicyclic) bond motifs is 3. The number of hydrogen-bond donors (Lipinski definition) is 1. The summed E-state index contributed by atoms with van der Waals surface area (Å²) in [7, 11) is 3.89. The van der Waals surface area contributed by atoms with Crippen LogP contribution in [0.3, 0.4) is 0 Å². The smallest absolute Gasteiger partial charge is 0.250 e. The standard InChI is InChI=1S/C29H27ClFN5O3/c1-35(2)12-4-7-26(37)36-13-14-38-28-24(36)10-9-23-27(28)29(33-18-32-23)34-21-8-11-25(22(30)16-21)39-17-19-5-3-6-20(31)15-19/h3-11,15-16,18H,12-14,17H2,1-2H3,(H,32,33,34)/b7-4+. The molecule has 1 aliphatic heterocycles. The van der Waals surface area contributed by atoms with Gasteiger partial charge in [-0.15, -0.1) is 0 Å². The maximum Gasteiger partial charge on any atom is 0.250 e. The molecule has 5 rings (SSSR count). The molecule has 1 aromatic heterocycles. The number of halogens is 2. The van der Waals surface area contributed by atoms with Crippen molar-refractivity contribution in [1.29, 1.82) is 0 Å². The first-order valence-corrected chi connectivity index (χ1v) is 12.7. The van der Waals surface area contributed by atoms with Crippen LogP contribution in [0.1, 0.15) is 5.56 Å². The maximum absolute atomic E-state index is 13.5. The molecule has 1 N–H and O–H groups in total. The molecule has 1 aliphatic rings. The second-order valence-corrected chi connectivity index (χ2v) is 9.63. The summed E-state index contributed by atoms with van der Waals surface area (Å²) in [6.45, 7) is 1.63. The number of aromatic nitrogens is 2. The van der Waals surface area contributed by atoms with Crippen LogP contribution in [0.25, 0.3) is 10.9 Å². The third-order valence-corrected chi connectivity index (χ3v) is 6.36. The minimum Gasteiger partial charge on any atom is -0.489 e. The normalized spacial score (nSPS) is 13.0. The molecule has 200 valence electrons. The van der Waals surface area contributed by atoms with Gasteiger partial charge in [0.1, 0.15) is 36.9 Å². The minimum absolute atomic E-state index is 0.118. The fraction of sp³-hybridized carbons (Fsp3) is 0.207. The molecule has 3 aromatic carbocycles. The summed E-state index contributed by atoms with van der Waals surface area (Å²) < 4.78 is 25.3. The largest absolute Gasteiger partial charge is 0.489 e. The highest BCUT2D eigenvalue weighted by atomic mass is 35.5. The molecular formula is C29H27ClFN5O3. The number of ether oxygens (including phenoxy) is 2. The molecule has 4 aromatic rings. The van der Waals surface area contributed by atoms with Crippen LogP contribution >= 0.6 is 11.6 Å². The van der Waals surface area contributed by atoms with Gasteiger partial charge in [-0.25, -0.2) is 14.4 Å². The van der Waals surface area contributed by atoms with Crippen molar-refractivity contribution in [3.05, 3.63) is 89.5 Å². The van der Waals surface area contributed by atoms with Gasteiger partial charge in [0, 0.05) is 18.3 Å². The zero-order valence-electron chi connectivity index (χ0n) is 21.5. The van der Waals surface area contributed by atoms with E-state index in [1.807, 2.05) is 43.3 Å². The predicted molar refractivity (Wildman–Crippen MR) is 151 cm³/mol. The topological polar surface area (TPSA) is 79.8 Å². The number of amides is 1. The Morgan fingerprint density at radius 3 is 2.87 bits per heavy atom. The van der Waals surface area contributed by atoms with Crippen LogP contribution in [-0.4, -0.2) is 54.6 Å². The minimum atomic E-state index is -0.321. The Balaban J connectivity index is 1.39. The first-order valence-electron chi connectivity index (χ1n) is 12.4. The van der Waals surface area contributed by atoms with Crippen LogP contribution in [0, 0.1) is 5.82 Å². The third kappa shape index (κ3) is 6.10. The van der Waals surface area contributed by atoms with Crippen molar-refractivity contribution in [2.24, 2.45) is 0 Å². The first kappa shape index (κ1) is 26.4. The zero-order valence-corrected chi connectivity index (χ0v) is 22.3. The maximum atomic E-state index is 13.5. The Hall–Kier alpha value is -4.21. The molecule has 0 saturated heterocycles. The van der Waals surface area contributed by atoms with Crippen molar-refractivity contribution in [2.45, 2.75) is 6.61 Å². The molecule has 8 nitrogen and oxygen atoms in total. The SMILES string of the molecule is CN(C)C/C=C/C(=O)N1CCOc2c1ccc1ncnc(Nc3ccc(OCc4cccc(F)c4)c(Cl)c3)c21. The predicted octanol–water partition coefficient (Wildman–Crippen LogP) is 5.59. The Bertz CT molecular complexity index is 1550. The Morgan fingerprint density at radius 2 is 2.08 bits per heavy atom. The zero-order chi connectivity index (χ0) is 27.4. The van der Waals surface area contributed by atoms with E-state index in [1.54, 1.807) is 35.2 Å². The summed E-state index contributed by atoms with van der Waals surface area (Å²) in [5.41, 5.74) is 2.70. The average molecular weight is 548 g/mol. The van der Waals surface area contributed by atoms with Crippen molar-refractivity contribution in [2.75, 3.05) is 44.0 Å². The van der Waals surface area contributed by atoms with E-state index < -0.39 is 0 Å². The molecule has 2 heterocycles. The molecule has 0 bridgehead atoms. The number of carbonyl (C=O) groups is 1. The van der Waals surface area contributed by atoms with Crippen LogP contribution < -0.4 is 19.7 Å². The number of anilines is 3. The Labute approximate surface area is 230 Å². The number of nitrogens with zero attached hydrogens (tertiary/aromatic N) is 4. The summed E-state index contributed by atoms with van der Waals surface area (Å²) in [5, 5.41) is 4.34. The van der Waals surface area contributed by atoms with Gasteiger partial charge >= 0.3 is 0 Å². The van der Waals surface area contributed by atoms with Gasteiger partial charge < -0.3 is 24.6 Å². The van der Waals surface area contributed by atoms with Crippen molar-refractivity contribution in [1.82, 2.24) is 14.9 Å². The van der Waals surface area contributed by atoms with Gasteiger partial charge in [-0.05, 0) is 62.1 Å².